The summed E-state index contributed by atoms with van der Waals surface area (Å²) in [6.07, 6.45) is 1.28. The number of esters is 2. The molecule has 0 radical (unpaired) electrons. The van der Waals surface area contributed by atoms with E-state index in [9.17, 15) is 19.2 Å². The van der Waals surface area contributed by atoms with E-state index in [1.54, 1.807) is 20.8 Å². The monoisotopic (exact) mass is 388 g/mol. The van der Waals surface area contributed by atoms with Crippen LogP contribution in [0.1, 0.15) is 31.9 Å². The molecule has 0 fully saturated rings. The van der Waals surface area contributed by atoms with Crippen molar-refractivity contribution in [2.75, 3.05) is 0 Å². The third kappa shape index (κ3) is 5.94. The van der Waals surface area contributed by atoms with Crippen molar-refractivity contribution in [1.82, 2.24) is 9.13 Å². The van der Waals surface area contributed by atoms with Crippen molar-refractivity contribution in [3.63, 3.8) is 0 Å². The highest BCUT2D eigenvalue weighted by Crippen LogP contribution is 2.07. The fourth-order valence-electron chi connectivity index (χ4n) is 2.48. The van der Waals surface area contributed by atoms with Crippen LogP contribution in [0.25, 0.3) is 0 Å². The Morgan fingerprint density at radius 3 is 2.25 bits per heavy atom. The van der Waals surface area contributed by atoms with Crippen molar-refractivity contribution in [1.29, 1.82) is 0 Å². The largest absolute Gasteiger partial charge is 0.459 e. The minimum absolute atomic E-state index is 0.0744. The molecular weight excluding hydrogens is 364 g/mol. The molecule has 1 aromatic carbocycles. The zero-order valence-electron chi connectivity index (χ0n) is 16.4. The van der Waals surface area contributed by atoms with Crippen molar-refractivity contribution >= 4 is 11.9 Å². The predicted molar refractivity (Wildman–Crippen MR) is 102 cm³/mol. The minimum atomic E-state index is -0.780. The highest BCUT2D eigenvalue weighted by Gasteiger charge is 2.20. The molecule has 0 N–H and O–H groups in total. The van der Waals surface area contributed by atoms with Crippen molar-refractivity contribution in [2.45, 2.75) is 53.0 Å². The van der Waals surface area contributed by atoms with E-state index >= 15 is 0 Å². The summed E-state index contributed by atoms with van der Waals surface area (Å²) in [6.45, 7) is 5.72. The second-order valence-electron chi connectivity index (χ2n) is 7.35. The predicted octanol–water partition coefficient (Wildman–Crippen LogP) is 1.40. The van der Waals surface area contributed by atoms with Gasteiger partial charge in [0.05, 0.1) is 0 Å². The molecule has 0 bridgehead atoms. The van der Waals surface area contributed by atoms with Gasteiger partial charge in [-0.15, -0.1) is 0 Å². The first kappa shape index (κ1) is 21.1. The van der Waals surface area contributed by atoms with Gasteiger partial charge >= 0.3 is 17.6 Å². The number of nitrogens with zero attached hydrogens (tertiary/aromatic N) is 2. The van der Waals surface area contributed by atoms with Gasteiger partial charge in [0.2, 0.25) is 0 Å². The molecule has 28 heavy (non-hydrogen) atoms. The van der Waals surface area contributed by atoms with Gasteiger partial charge in [0.1, 0.15) is 25.3 Å². The smallest absolute Gasteiger partial charge is 0.332 e. The second-order valence-corrected chi connectivity index (χ2v) is 7.35. The van der Waals surface area contributed by atoms with E-state index in [1.165, 1.54) is 13.1 Å². The fourth-order valence-corrected chi connectivity index (χ4v) is 2.48. The highest BCUT2D eigenvalue weighted by atomic mass is 16.6. The first-order chi connectivity index (χ1) is 13.1. The number of rotatable bonds is 6. The number of benzene rings is 1. The molecule has 0 unspecified atom stereocenters. The molecule has 0 aliphatic rings. The van der Waals surface area contributed by atoms with E-state index in [-0.39, 0.29) is 18.7 Å². The molecule has 0 aliphatic heterocycles. The summed E-state index contributed by atoms with van der Waals surface area (Å²) >= 11 is 0. The van der Waals surface area contributed by atoms with Gasteiger partial charge in [-0.1, -0.05) is 30.3 Å². The lowest BCUT2D eigenvalue weighted by Crippen LogP contribution is -2.44. The quantitative estimate of drug-likeness (QED) is 0.694. The lowest BCUT2D eigenvalue weighted by molar-refractivity contribution is -0.155. The molecule has 8 nitrogen and oxygen atoms in total. The molecule has 0 saturated carbocycles. The first-order valence-electron chi connectivity index (χ1n) is 8.79. The number of ether oxygens (including phenoxy) is 2. The van der Waals surface area contributed by atoms with Crippen LogP contribution in [0.3, 0.4) is 0 Å². The molecule has 8 heteroatoms. The average Bonchev–Trinajstić information content (AvgIpc) is 2.61. The Hall–Kier alpha value is -3.16. The van der Waals surface area contributed by atoms with Crippen LogP contribution >= 0.6 is 0 Å². The van der Waals surface area contributed by atoms with Crippen LogP contribution in [0.4, 0.5) is 0 Å². The van der Waals surface area contributed by atoms with Crippen LogP contribution in [0.5, 0.6) is 0 Å². The summed E-state index contributed by atoms with van der Waals surface area (Å²) in [6, 6.07) is 9.12. The Morgan fingerprint density at radius 2 is 1.64 bits per heavy atom. The van der Waals surface area contributed by atoms with Crippen LogP contribution < -0.4 is 11.2 Å². The van der Waals surface area contributed by atoms with E-state index in [2.05, 4.69) is 0 Å². The van der Waals surface area contributed by atoms with Gasteiger partial charge in [-0.25, -0.2) is 9.36 Å². The molecule has 1 heterocycles. The van der Waals surface area contributed by atoms with Crippen LogP contribution in [-0.4, -0.2) is 26.7 Å². The number of carbonyl (C=O) groups is 2. The first-order valence-corrected chi connectivity index (χ1v) is 8.79. The molecule has 0 saturated heterocycles. The van der Waals surface area contributed by atoms with Crippen molar-refractivity contribution < 1.29 is 19.1 Å². The summed E-state index contributed by atoms with van der Waals surface area (Å²) in [5.41, 5.74) is -1.10. The fraction of sp³-hybridized carbons (Fsp3) is 0.400. The topological polar surface area (TPSA) is 96.6 Å². The lowest BCUT2D eigenvalue weighted by atomic mass is 10.2. The maximum atomic E-state index is 12.6. The zero-order chi connectivity index (χ0) is 20.9. The van der Waals surface area contributed by atoms with E-state index in [0.29, 0.717) is 0 Å². The summed E-state index contributed by atoms with van der Waals surface area (Å²) in [4.78, 5) is 48.9. The Labute approximate surface area is 162 Å². The molecule has 2 rings (SSSR count). The van der Waals surface area contributed by atoms with Gasteiger partial charge in [0, 0.05) is 11.8 Å². The molecule has 2 aromatic rings. The van der Waals surface area contributed by atoms with Crippen molar-refractivity contribution in [3.8, 4) is 0 Å². The van der Waals surface area contributed by atoms with Crippen molar-refractivity contribution in [3.05, 3.63) is 68.5 Å². The SMILES string of the molecule is Cc1cn(CC(=O)OCc2ccccc2)c(=O)n(CC(=O)OC(C)(C)C)c1=O. The van der Waals surface area contributed by atoms with E-state index in [4.69, 9.17) is 9.47 Å². The second kappa shape index (κ2) is 8.69. The summed E-state index contributed by atoms with van der Waals surface area (Å²) in [7, 11) is 0. The summed E-state index contributed by atoms with van der Waals surface area (Å²) in [5.74, 6) is -1.34. The van der Waals surface area contributed by atoms with E-state index in [0.717, 1.165) is 14.7 Å². The third-order valence-electron chi connectivity index (χ3n) is 3.66. The molecular formula is C20H24N2O6. The average molecular weight is 388 g/mol. The Morgan fingerprint density at radius 1 is 1.00 bits per heavy atom. The standard InChI is InChI=1S/C20H24N2O6/c1-14-10-21(11-16(23)27-13-15-8-6-5-7-9-15)19(26)22(18(14)25)12-17(24)28-20(2,3)4/h5-10H,11-13H2,1-4H3. The number of hydrogen-bond donors (Lipinski definition) is 0. The number of carbonyl (C=O) groups excluding carboxylic acids is 2. The van der Waals surface area contributed by atoms with Crippen LogP contribution in [-0.2, 0) is 38.8 Å². The maximum absolute atomic E-state index is 12.6. The Kier molecular flexibility index (Phi) is 6.56. The number of aromatic nitrogens is 2. The third-order valence-corrected chi connectivity index (χ3v) is 3.66. The van der Waals surface area contributed by atoms with Gasteiger partial charge in [0.25, 0.3) is 5.56 Å². The minimum Gasteiger partial charge on any atom is -0.459 e. The Balaban J connectivity index is 2.15. The molecule has 1 aromatic heterocycles. The van der Waals surface area contributed by atoms with Crippen LogP contribution in [0.15, 0.2) is 46.1 Å². The van der Waals surface area contributed by atoms with E-state index in [1.807, 2.05) is 30.3 Å². The molecule has 0 spiro atoms. The normalized spacial score (nSPS) is 11.1. The summed E-state index contributed by atoms with van der Waals surface area (Å²) < 4.78 is 12.1. The summed E-state index contributed by atoms with van der Waals surface area (Å²) in [5, 5.41) is 0. The lowest BCUT2D eigenvalue weighted by Gasteiger charge is -2.20. The maximum Gasteiger partial charge on any atom is 0.332 e. The van der Waals surface area contributed by atoms with Gasteiger partial charge in [-0.3, -0.25) is 19.0 Å². The molecule has 150 valence electrons. The van der Waals surface area contributed by atoms with Crippen LogP contribution in [0, 0.1) is 6.92 Å². The number of hydrogen-bond acceptors (Lipinski definition) is 6. The van der Waals surface area contributed by atoms with E-state index < -0.39 is 35.3 Å². The van der Waals surface area contributed by atoms with Gasteiger partial charge in [-0.05, 0) is 33.3 Å². The Bertz CT molecular complexity index is 967. The molecule has 0 amide bonds. The zero-order valence-corrected chi connectivity index (χ0v) is 16.4. The molecule has 0 atom stereocenters. The molecule has 0 aliphatic carbocycles. The van der Waals surface area contributed by atoms with Gasteiger partial charge in [0.15, 0.2) is 0 Å². The van der Waals surface area contributed by atoms with Gasteiger partial charge in [-0.2, -0.15) is 0 Å². The van der Waals surface area contributed by atoms with Gasteiger partial charge < -0.3 is 9.47 Å². The highest BCUT2D eigenvalue weighted by molar-refractivity contribution is 5.70. The van der Waals surface area contributed by atoms with Crippen molar-refractivity contribution in [2.24, 2.45) is 0 Å². The number of aryl methyl sites for hydroxylation is 1. The van der Waals surface area contributed by atoms with Crippen LogP contribution in [0.2, 0.25) is 0 Å².